The van der Waals surface area contributed by atoms with Gasteiger partial charge in [-0.2, -0.15) is 0 Å². The molecule has 0 aliphatic carbocycles. The number of halogens is 2. The lowest BCUT2D eigenvalue weighted by molar-refractivity contribution is 0.113. The maximum atomic E-state index is 5.81. The van der Waals surface area contributed by atoms with E-state index in [-0.39, 0.29) is 20.3 Å². The Morgan fingerprint density at radius 3 is 1.38 bits per heavy atom. The minimum absolute atomic E-state index is 0.0839. The molecule has 0 aromatic rings. The number of alkyl halides is 2. The van der Waals surface area contributed by atoms with E-state index in [2.05, 4.69) is 0 Å². The van der Waals surface area contributed by atoms with Gasteiger partial charge in [-0.3, -0.25) is 0 Å². The van der Waals surface area contributed by atoms with Gasteiger partial charge in [0.2, 0.25) is 0 Å². The van der Waals surface area contributed by atoms with Crippen LogP contribution in [0.15, 0.2) is 0 Å². The third-order valence-corrected chi connectivity index (χ3v) is 3.50. The molecule has 80 valence electrons. The standard InChI is InChI=1S/C8H16Cl2OS2/c1-5(9)12-7(3)11-8(4)13-6(2)10/h5-8H,1-4H3. The summed E-state index contributed by atoms with van der Waals surface area (Å²) < 4.78 is 5.80. The second-order valence-electron chi connectivity index (χ2n) is 2.63. The number of hydrogen-bond donors (Lipinski definition) is 0. The Morgan fingerprint density at radius 2 is 1.15 bits per heavy atom. The summed E-state index contributed by atoms with van der Waals surface area (Å²) in [6.45, 7) is 7.88. The fourth-order valence-corrected chi connectivity index (χ4v) is 3.32. The van der Waals surface area contributed by atoms with Gasteiger partial charge in [-0.25, -0.2) is 0 Å². The average Bonchev–Trinajstić information content (AvgIpc) is 1.80. The molecule has 0 spiro atoms. The molecular weight excluding hydrogens is 247 g/mol. The highest BCUT2D eigenvalue weighted by molar-refractivity contribution is 8.02. The van der Waals surface area contributed by atoms with Crippen LogP contribution in [0.2, 0.25) is 0 Å². The lowest BCUT2D eigenvalue weighted by Gasteiger charge is -2.19. The van der Waals surface area contributed by atoms with Gasteiger partial charge >= 0.3 is 0 Å². The summed E-state index contributed by atoms with van der Waals surface area (Å²) in [5.74, 6) is 0. The summed E-state index contributed by atoms with van der Waals surface area (Å²) in [5, 5.41) is 0. The molecule has 13 heavy (non-hydrogen) atoms. The van der Waals surface area contributed by atoms with Crippen LogP contribution in [-0.2, 0) is 4.74 Å². The Hall–Kier alpha value is 1.24. The first-order chi connectivity index (χ1) is 5.91. The van der Waals surface area contributed by atoms with Crippen molar-refractivity contribution in [1.29, 1.82) is 0 Å². The van der Waals surface area contributed by atoms with Gasteiger partial charge in [0, 0.05) is 0 Å². The highest BCUT2D eigenvalue weighted by atomic mass is 35.5. The van der Waals surface area contributed by atoms with Crippen molar-refractivity contribution in [1.82, 2.24) is 0 Å². The Bertz CT molecular complexity index is 119. The van der Waals surface area contributed by atoms with Gasteiger partial charge in [0.1, 0.15) is 10.9 Å². The number of thioether (sulfide) groups is 2. The van der Waals surface area contributed by atoms with Gasteiger partial charge in [-0.1, -0.05) is 0 Å². The predicted molar refractivity (Wildman–Crippen MR) is 65.8 cm³/mol. The van der Waals surface area contributed by atoms with Crippen molar-refractivity contribution in [3.8, 4) is 0 Å². The van der Waals surface area contributed by atoms with Crippen LogP contribution in [0.1, 0.15) is 27.7 Å². The van der Waals surface area contributed by atoms with Crippen LogP contribution in [0.25, 0.3) is 0 Å². The van der Waals surface area contributed by atoms with E-state index >= 15 is 0 Å². The van der Waals surface area contributed by atoms with Crippen LogP contribution in [0, 0.1) is 0 Å². The molecule has 0 saturated carbocycles. The van der Waals surface area contributed by atoms with Crippen molar-refractivity contribution >= 4 is 46.7 Å². The van der Waals surface area contributed by atoms with E-state index < -0.39 is 0 Å². The zero-order chi connectivity index (χ0) is 10.4. The fraction of sp³-hybridized carbons (Fsp3) is 1.00. The molecule has 0 amide bonds. The molecule has 0 heterocycles. The maximum Gasteiger partial charge on any atom is 0.103 e. The monoisotopic (exact) mass is 262 g/mol. The maximum absolute atomic E-state index is 5.81. The molecule has 4 atom stereocenters. The van der Waals surface area contributed by atoms with Crippen molar-refractivity contribution in [2.45, 2.75) is 48.0 Å². The van der Waals surface area contributed by atoms with E-state index in [1.165, 1.54) is 0 Å². The average molecular weight is 263 g/mol. The fourth-order valence-electron chi connectivity index (χ4n) is 0.862. The van der Waals surface area contributed by atoms with Crippen molar-refractivity contribution in [3.63, 3.8) is 0 Å². The third-order valence-electron chi connectivity index (χ3n) is 1.14. The van der Waals surface area contributed by atoms with Crippen LogP contribution in [-0.4, -0.2) is 20.3 Å². The summed E-state index contributed by atoms with van der Waals surface area (Å²) in [4.78, 5) is 0. The third kappa shape index (κ3) is 9.54. The molecule has 0 aromatic heterocycles. The zero-order valence-electron chi connectivity index (χ0n) is 8.29. The first-order valence-electron chi connectivity index (χ1n) is 4.16. The van der Waals surface area contributed by atoms with Crippen molar-refractivity contribution in [2.24, 2.45) is 0 Å². The van der Waals surface area contributed by atoms with Crippen molar-refractivity contribution in [3.05, 3.63) is 0 Å². The van der Waals surface area contributed by atoms with Gasteiger partial charge < -0.3 is 4.74 Å². The van der Waals surface area contributed by atoms with E-state index in [1.54, 1.807) is 23.5 Å². The number of ether oxygens (including phenoxy) is 1. The molecular formula is C8H16Cl2OS2. The SMILES string of the molecule is CC(Cl)SC(C)OC(C)SC(C)Cl. The van der Waals surface area contributed by atoms with E-state index in [0.29, 0.717) is 0 Å². The van der Waals surface area contributed by atoms with E-state index in [1.807, 2.05) is 27.7 Å². The first-order valence-corrected chi connectivity index (χ1v) is 6.92. The normalized spacial score (nSPS) is 20.8. The molecule has 0 bridgehead atoms. The van der Waals surface area contributed by atoms with Gasteiger partial charge in [-0.15, -0.1) is 46.7 Å². The Labute approximate surface area is 99.3 Å². The van der Waals surface area contributed by atoms with Crippen molar-refractivity contribution in [2.75, 3.05) is 0 Å². The van der Waals surface area contributed by atoms with E-state index in [0.717, 1.165) is 0 Å². The Kier molecular flexibility index (Phi) is 8.24. The van der Waals surface area contributed by atoms with Crippen LogP contribution in [0.3, 0.4) is 0 Å². The highest BCUT2D eigenvalue weighted by Crippen LogP contribution is 2.27. The van der Waals surface area contributed by atoms with Gasteiger partial charge in [0.15, 0.2) is 0 Å². The summed E-state index contributed by atoms with van der Waals surface area (Å²) >= 11 is 14.8. The zero-order valence-corrected chi connectivity index (χ0v) is 11.4. The van der Waals surface area contributed by atoms with Crippen LogP contribution < -0.4 is 0 Å². The molecule has 5 heteroatoms. The smallest absolute Gasteiger partial charge is 0.103 e. The molecule has 1 nitrogen and oxygen atoms in total. The summed E-state index contributed by atoms with van der Waals surface area (Å²) in [6.07, 6.45) is 0. The Balaban J connectivity index is 3.58. The predicted octanol–water partition coefficient (Wildman–Crippen LogP) is 4.33. The Morgan fingerprint density at radius 1 is 0.846 bits per heavy atom. The second kappa shape index (κ2) is 7.52. The molecule has 0 fully saturated rings. The largest absolute Gasteiger partial charge is 0.354 e. The summed E-state index contributed by atoms with van der Waals surface area (Å²) in [7, 11) is 0. The van der Waals surface area contributed by atoms with Gasteiger partial charge in [-0.05, 0) is 27.7 Å². The van der Waals surface area contributed by atoms with Crippen LogP contribution in [0.5, 0.6) is 0 Å². The topological polar surface area (TPSA) is 9.23 Å². The van der Waals surface area contributed by atoms with Crippen LogP contribution in [0.4, 0.5) is 0 Å². The first kappa shape index (κ1) is 14.2. The molecule has 0 aromatic carbocycles. The van der Waals surface area contributed by atoms with Gasteiger partial charge in [0.05, 0.1) is 9.42 Å². The summed E-state index contributed by atoms with van der Waals surface area (Å²) in [6, 6.07) is 0. The molecule has 0 N–H and O–H groups in total. The number of rotatable bonds is 6. The molecule has 0 aliphatic rings. The molecule has 0 saturated heterocycles. The van der Waals surface area contributed by atoms with Crippen molar-refractivity contribution < 1.29 is 4.74 Å². The lowest BCUT2D eigenvalue weighted by atomic mass is 10.8. The molecule has 0 rings (SSSR count). The molecule has 0 radical (unpaired) electrons. The minimum Gasteiger partial charge on any atom is -0.354 e. The molecule has 4 unspecified atom stereocenters. The minimum atomic E-state index is 0.0839. The van der Waals surface area contributed by atoms with Gasteiger partial charge in [0.25, 0.3) is 0 Å². The lowest BCUT2D eigenvalue weighted by Crippen LogP contribution is -2.13. The van der Waals surface area contributed by atoms with Crippen LogP contribution >= 0.6 is 46.7 Å². The quantitative estimate of drug-likeness (QED) is 0.521. The number of hydrogen-bond acceptors (Lipinski definition) is 3. The summed E-state index contributed by atoms with van der Waals surface area (Å²) in [5.41, 5.74) is 0.232. The second-order valence-corrected chi connectivity index (χ2v) is 7.74. The van der Waals surface area contributed by atoms with E-state index in [4.69, 9.17) is 27.9 Å². The highest BCUT2D eigenvalue weighted by Gasteiger charge is 2.13. The molecule has 0 aliphatic heterocycles. The van der Waals surface area contributed by atoms with E-state index in [9.17, 15) is 0 Å².